The molecule has 1 aliphatic rings. The van der Waals surface area contributed by atoms with Gasteiger partial charge in [-0.15, -0.1) is 0 Å². The van der Waals surface area contributed by atoms with Gasteiger partial charge in [0, 0.05) is 29.7 Å². The topological polar surface area (TPSA) is 44.4 Å². The summed E-state index contributed by atoms with van der Waals surface area (Å²) in [6.07, 6.45) is 2.21. The summed E-state index contributed by atoms with van der Waals surface area (Å²) in [6, 6.07) is 14.3. The molecule has 5 heteroatoms. The number of nitrogens with one attached hydrogen (secondary N) is 2. The van der Waals surface area contributed by atoms with E-state index in [0.29, 0.717) is 6.54 Å². The Balaban J connectivity index is 1.80. The van der Waals surface area contributed by atoms with Crippen LogP contribution in [0.1, 0.15) is 42.4 Å². The highest BCUT2D eigenvalue weighted by Gasteiger charge is 2.26. The maximum Gasteiger partial charge on any atom is 0.238 e. The van der Waals surface area contributed by atoms with Gasteiger partial charge in [-0.1, -0.05) is 49.2 Å². The fourth-order valence-electron chi connectivity index (χ4n) is 3.65. The van der Waals surface area contributed by atoms with Crippen LogP contribution in [0.2, 0.25) is 5.02 Å². The van der Waals surface area contributed by atoms with Gasteiger partial charge in [0.1, 0.15) is 0 Å². The molecular weight excluding hydrogens is 358 g/mol. The summed E-state index contributed by atoms with van der Waals surface area (Å²) in [4.78, 5) is 14.6. The Morgan fingerprint density at radius 1 is 1.22 bits per heavy atom. The number of fused-ring (bicyclic) bond motifs is 1. The van der Waals surface area contributed by atoms with Gasteiger partial charge >= 0.3 is 0 Å². The lowest BCUT2D eigenvalue weighted by Crippen LogP contribution is -2.33. The second-order valence-corrected chi connectivity index (χ2v) is 7.69. The minimum atomic E-state index is 0.00997. The molecule has 0 radical (unpaired) electrons. The molecule has 0 saturated heterocycles. The maximum absolute atomic E-state index is 12.3. The molecule has 3 rings (SSSR count). The molecule has 4 nitrogen and oxygen atoms in total. The Bertz CT molecular complexity index is 776. The molecule has 1 amide bonds. The molecule has 0 saturated carbocycles. The summed E-state index contributed by atoms with van der Waals surface area (Å²) in [7, 11) is 2.12. The van der Waals surface area contributed by atoms with Gasteiger partial charge < -0.3 is 15.5 Å². The fraction of sp³-hybridized carbons (Fsp3) is 0.409. The Kier molecular flexibility index (Phi) is 6.89. The number of unbranched alkanes of at least 4 members (excludes halogenated alkanes) is 1. The van der Waals surface area contributed by atoms with E-state index in [1.165, 1.54) is 16.7 Å². The Morgan fingerprint density at radius 2 is 2.00 bits per heavy atom. The predicted molar refractivity (Wildman–Crippen MR) is 112 cm³/mol. The van der Waals surface area contributed by atoms with Crippen LogP contribution < -0.4 is 10.6 Å². The van der Waals surface area contributed by atoms with Gasteiger partial charge in [-0.25, -0.2) is 0 Å². The average molecular weight is 386 g/mol. The van der Waals surface area contributed by atoms with Crippen molar-refractivity contribution in [2.75, 3.05) is 32.0 Å². The van der Waals surface area contributed by atoms with Gasteiger partial charge in [0.2, 0.25) is 5.91 Å². The van der Waals surface area contributed by atoms with Gasteiger partial charge in [0.25, 0.3) is 0 Å². The van der Waals surface area contributed by atoms with Crippen LogP contribution in [0.3, 0.4) is 0 Å². The van der Waals surface area contributed by atoms with Crippen molar-refractivity contribution in [3.8, 4) is 0 Å². The first kappa shape index (κ1) is 19.9. The van der Waals surface area contributed by atoms with Gasteiger partial charge in [0.05, 0.1) is 6.54 Å². The molecule has 2 N–H and O–H groups in total. The number of nitrogens with zero attached hydrogens (tertiary/aromatic N) is 1. The number of halogens is 1. The second-order valence-electron chi connectivity index (χ2n) is 7.25. The van der Waals surface area contributed by atoms with E-state index in [1.807, 2.05) is 24.3 Å². The molecule has 1 aliphatic heterocycles. The van der Waals surface area contributed by atoms with E-state index >= 15 is 0 Å². The summed E-state index contributed by atoms with van der Waals surface area (Å²) in [5.41, 5.74) is 4.65. The van der Waals surface area contributed by atoms with Crippen molar-refractivity contribution in [1.29, 1.82) is 0 Å². The molecule has 2 aromatic rings. The van der Waals surface area contributed by atoms with E-state index in [9.17, 15) is 4.79 Å². The van der Waals surface area contributed by atoms with E-state index in [1.54, 1.807) is 0 Å². The van der Waals surface area contributed by atoms with Crippen molar-refractivity contribution >= 4 is 23.2 Å². The normalized spacial score (nSPS) is 16.8. The van der Waals surface area contributed by atoms with Crippen molar-refractivity contribution in [3.05, 3.63) is 64.2 Å². The number of likely N-dealkylation sites (N-methyl/N-ethyl adjacent to an activating group) is 1. The molecule has 0 fully saturated rings. The number of hydrogen-bond donors (Lipinski definition) is 2. The first-order chi connectivity index (χ1) is 13.1. The fourth-order valence-corrected chi connectivity index (χ4v) is 3.77. The molecular formula is C22H28ClN3O. The lowest BCUT2D eigenvalue weighted by Gasteiger charge is -2.34. The third kappa shape index (κ3) is 5.10. The van der Waals surface area contributed by atoms with Crippen molar-refractivity contribution in [1.82, 2.24) is 10.2 Å². The molecule has 2 aromatic carbocycles. The molecule has 1 unspecified atom stereocenters. The number of rotatable bonds is 7. The highest BCUT2D eigenvalue weighted by molar-refractivity contribution is 6.30. The first-order valence-corrected chi connectivity index (χ1v) is 10.0. The largest absolute Gasteiger partial charge is 0.325 e. The van der Waals surface area contributed by atoms with Crippen molar-refractivity contribution in [2.45, 2.75) is 32.2 Å². The lowest BCUT2D eigenvalue weighted by molar-refractivity contribution is -0.115. The maximum atomic E-state index is 12.3. The molecule has 0 spiro atoms. The van der Waals surface area contributed by atoms with Crippen LogP contribution in [0.15, 0.2) is 42.5 Å². The zero-order chi connectivity index (χ0) is 19.2. The number of anilines is 1. The van der Waals surface area contributed by atoms with Crippen LogP contribution >= 0.6 is 11.6 Å². The van der Waals surface area contributed by atoms with Crippen molar-refractivity contribution < 1.29 is 4.79 Å². The number of amides is 1. The van der Waals surface area contributed by atoms with Crippen LogP contribution in [0.25, 0.3) is 0 Å². The smallest absolute Gasteiger partial charge is 0.238 e. The highest BCUT2D eigenvalue weighted by atomic mass is 35.5. The Morgan fingerprint density at radius 3 is 2.74 bits per heavy atom. The zero-order valence-corrected chi connectivity index (χ0v) is 16.9. The van der Waals surface area contributed by atoms with Crippen LogP contribution in [-0.4, -0.2) is 37.5 Å². The molecule has 1 atom stereocenters. The highest BCUT2D eigenvalue weighted by Crippen LogP contribution is 2.36. The van der Waals surface area contributed by atoms with Gasteiger partial charge in [-0.05, 0) is 54.9 Å². The summed E-state index contributed by atoms with van der Waals surface area (Å²) in [5, 5.41) is 7.05. The summed E-state index contributed by atoms with van der Waals surface area (Å²) in [5.74, 6) is 0.284. The molecule has 144 valence electrons. The average Bonchev–Trinajstić information content (AvgIpc) is 2.66. The van der Waals surface area contributed by atoms with Crippen LogP contribution in [0.4, 0.5) is 5.69 Å². The van der Waals surface area contributed by atoms with E-state index in [0.717, 1.165) is 43.2 Å². The van der Waals surface area contributed by atoms with E-state index in [2.05, 4.69) is 47.7 Å². The third-order valence-electron chi connectivity index (χ3n) is 5.05. The predicted octanol–water partition coefficient (Wildman–Crippen LogP) is 4.25. The van der Waals surface area contributed by atoms with Crippen LogP contribution in [0, 0.1) is 0 Å². The molecule has 0 bridgehead atoms. The minimum absolute atomic E-state index is 0.00997. The van der Waals surface area contributed by atoms with Gasteiger partial charge in [-0.2, -0.15) is 0 Å². The lowest BCUT2D eigenvalue weighted by atomic mass is 9.84. The number of benzene rings is 2. The van der Waals surface area contributed by atoms with Crippen LogP contribution in [-0.2, 0) is 11.3 Å². The molecule has 0 aromatic heterocycles. The zero-order valence-electron chi connectivity index (χ0n) is 16.1. The second kappa shape index (κ2) is 9.36. The van der Waals surface area contributed by atoms with E-state index in [4.69, 9.17) is 11.6 Å². The quantitative estimate of drug-likeness (QED) is 0.700. The molecule has 0 aliphatic carbocycles. The Hall–Kier alpha value is -1.88. The van der Waals surface area contributed by atoms with Gasteiger partial charge in [0.15, 0.2) is 0 Å². The van der Waals surface area contributed by atoms with Crippen molar-refractivity contribution in [3.63, 3.8) is 0 Å². The SMILES string of the molecule is CCCCNCC(=O)Nc1cccc2c1CN(C)CC2c1ccc(Cl)cc1. The molecule has 1 heterocycles. The minimum Gasteiger partial charge on any atom is -0.325 e. The van der Waals surface area contributed by atoms with Crippen molar-refractivity contribution in [2.24, 2.45) is 0 Å². The number of hydrogen-bond acceptors (Lipinski definition) is 3. The summed E-state index contributed by atoms with van der Waals surface area (Å²) in [6.45, 7) is 5.15. The number of carbonyl (C=O) groups excluding carboxylic acids is 1. The summed E-state index contributed by atoms with van der Waals surface area (Å²) >= 11 is 6.06. The molecule has 27 heavy (non-hydrogen) atoms. The number of carbonyl (C=O) groups is 1. The Labute approximate surface area is 166 Å². The van der Waals surface area contributed by atoms with E-state index < -0.39 is 0 Å². The standard InChI is InChI=1S/C22H28ClN3O/c1-3-4-12-24-13-22(27)25-21-7-5-6-18-19(14-26(2)15-20(18)21)16-8-10-17(23)11-9-16/h5-11,19,24H,3-4,12-15H2,1-2H3,(H,25,27). The monoisotopic (exact) mass is 385 g/mol. The summed E-state index contributed by atoms with van der Waals surface area (Å²) < 4.78 is 0. The third-order valence-corrected chi connectivity index (χ3v) is 5.30. The first-order valence-electron chi connectivity index (χ1n) is 9.65. The van der Waals surface area contributed by atoms with Gasteiger partial charge in [-0.3, -0.25) is 4.79 Å². The van der Waals surface area contributed by atoms with Crippen LogP contribution in [0.5, 0.6) is 0 Å². The van der Waals surface area contributed by atoms with E-state index in [-0.39, 0.29) is 11.8 Å².